The van der Waals surface area contributed by atoms with Crippen molar-refractivity contribution in [3.8, 4) is 0 Å². The Labute approximate surface area is 174 Å². The number of nitrogens with two attached hydrogens (primary N) is 1. The molecule has 1 aromatic carbocycles. The molecule has 1 heterocycles. The third kappa shape index (κ3) is 4.59. The summed E-state index contributed by atoms with van der Waals surface area (Å²) >= 11 is 0. The minimum Gasteiger partial charge on any atom is -0.469 e. The maximum absolute atomic E-state index is 12.9. The Bertz CT molecular complexity index is 1010. The van der Waals surface area contributed by atoms with Gasteiger partial charge in [0.25, 0.3) is 11.5 Å². The van der Waals surface area contributed by atoms with E-state index in [4.69, 9.17) is 10.5 Å². The maximum Gasteiger partial charge on any atom is 0.305 e. The van der Waals surface area contributed by atoms with Crippen molar-refractivity contribution in [1.82, 2.24) is 9.97 Å². The summed E-state index contributed by atoms with van der Waals surface area (Å²) in [6.07, 6.45) is 6.46. The number of methoxy groups -OCH3 is 1. The Morgan fingerprint density at radius 3 is 2.60 bits per heavy atom. The van der Waals surface area contributed by atoms with Crippen molar-refractivity contribution >= 4 is 29.0 Å². The van der Waals surface area contributed by atoms with E-state index in [1.54, 1.807) is 0 Å². The van der Waals surface area contributed by atoms with Gasteiger partial charge in [-0.3, -0.25) is 14.4 Å². The molecule has 2 aromatic rings. The van der Waals surface area contributed by atoms with Crippen molar-refractivity contribution in [2.45, 2.75) is 32.6 Å². The lowest BCUT2D eigenvalue weighted by atomic mass is 9.85. The van der Waals surface area contributed by atoms with Gasteiger partial charge in [-0.15, -0.1) is 0 Å². The molecule has 1 amide bonds. The van der Waals surface area contributed by atoms with Gasteiger partial charge in [0.15, 0.2) is 0 Å². The third-order valence-electron chi connectivity index (χ3n) is 5.41. The van der Waals surface area contributed by atoms with Crippen LogP contribution in [0.25, 0.3) is 5.57 Å². The average molecular weight is 410 g/mol. The first-order valence-electron chi connectivity index (χ1n) is 9.95. The number of nitrogens with one attached hydrogen (secondary N) is 1. The Morgan fingerprint density at radius 2 is 2.03 bits per heavy atom. The highest BCUT2D eigenvalue weighted by Crippen LogP contribution is 2.33. The molecule has 3 N–H and O–H groups in total. The van der Waals surface area contributed by atoms with E-state index in [1.165, 1.54) is 23.9 Å². The molecule has 30 heavy (non-hydrogen) atoms. The largest absolute Gasteiger partial charge is 0.469 e. The zero-order valence-corrected chi connectivity index (χ0v) is 17.2. The van der Waals surface area contributed by atoms with Gasteiger partial charge in [-0.25, -0.2) is 4.98 Å². The zero-order chi connectivity index (χ0) is 21.7. The normalized spacial score (nSPS) is 15.9. The van der Waals surface area contributed by atoms with Crippen molar-refractivity contribution in [3.05, 3.63) is 58.1 Å². The molecular formula is C22H26N4O4. The fourth-order valence-electron chi connectivity index (χ4n) is 3.71. The SMILES string of the molecule is CCN(C(=O)c1c(N)nc[nH]c1=O)c1ccc(C2=CCC(CC(=O)OC)CC2)cc1. The first-order chi connectivity index (χ1) is 14.4. The van der Waals surface area contributed by atoms with Gasteiger partial charge in [-0.2, -0.15) is 0 Å². The molecule has 8 heteroatoms. The van der Waals surface area contributed by atoms with Crippen molar-refractivity contribution in [2.75, 3.05) is 24.3 Å². The minimum absolute atomic E-state index is 0.0901. The smallest absolute Gasteiger partial charge is 0.305 e. The fraction of sp³-hybridized carbons (Fsp3) is 0.364. The zero-order valence-electron chi connectivity index (χ0n) is 17.2. The number of H-pyrrole nitrogens is 1. The summed E-state index contributed by atoms with van der Waals surface area (Å²) in [5, 5.41) is 0. The molecule has 0 saturated heterocycles. The number of carbonyl (C=O) groups excluding carboxylic acids is 2. The number of aromatic nitrogens is 2. The minimum atomic E-state index is -0.559. The molecule has 3 rings (SSSR count). The van der Waals surface area contributed by atoms with E-state index in [-0.39, 0.29) is 17.4 Å². The van der Waals surface area contributed by atoms with Gasteiger partial charge in [0.05, 0.1) is 13.4 Å². The molecule has 0 bridgehead atoms. The number of benzene rings is 1. The Kier molecular flexibility index (Phi) is 6.66. The highest BCUT2D eigenvalue weighted by molar-refractivity contribution is 6.08. The molecule has 1 aliphatic rings. The van der Waals surface area contributed by atoms with Crippen LogP contribution in [0.4, 0.5) is 11.5 Å². The lowest BCUT2D eigenvalue weighted by Crippen LogP contribution is -2.35. The molecule has 158 valence electrons. The second-order valence-corrected chi connectivity index (χ2v) is 7.24. The Balaban J connectivity index is 1.75. The fourth-order valence-corrected chi connectivity index (χ4v) is 3.71. The monoisotopic (exact) mass is 410 g/mol. The number of allylic oxidation sites excluding steroid dienone is 2. The van der Waals surface area contributed by atoms with Crippen LogP contribution in [0.5, 0.6) is 0 Å². The quantitative estimate of drug-likeness (QED) is 0.707. The van der Waals surface area contributed by atoms with Crippen LogP contribution in [0.15, 0.2) is 41.5 Å². The Hall–Kier alpha value is -3.42. The molecule has 0 fully saturated rings. The van der Waals surface area contributed by atoms with Crippen molar-refractivity contribution in [2.24, 2.45) is 5.92 Å². The summed E-state index contributed by atoms with van der Waals surface area (Å²) in [6, 6.07) is 7.65. The standard InChI is InChI=1S/C22H26N4O4/c1-3-26(22(29)19-20(23)24-13-25-21(19)28)17-10-8-16(9-11-17)15-6-4-14(5-7-15)12-18(27)30-2/h6,8-11,13-14H,3-5,7,12H2,1-2H3,(H3,23,24,25,28). The molecule has 0 spiro atoms. The molecule has 0 saturated carbocycles. The summed E-state index contributed by atoms with van der Waals surface area (Å²) in [7, 11) is 1.41. The molecule has 1 aliphatic carbocycles. The van der Waals surface area contributed by atoms with Crippen LogP contribution < -0.4 is 16.2 Å². The summed E-state index contributed by atoms with van der Waals surface area (Å²) in [6.45, 7) is 2.21. The second kappa shape index (κ2) is 9.39. The highest BCUT2D eigenvalue weighted by Gasteiger charge is 2.23. The van der Waals surface area contributed by atoms with Crippen molar-refractivity contribution in [1.29, 1.82) is 0 Å². The number of nitrogen functional groups attached to an aromatic ring is 1. The van der Waals surface area contributed by atoms with E-state index in [1.807, 2.05) is 31.2 Å². The second-order valence-electron chi connectivity index (χ2n) is 7.24. The van der Waals surface area contributed by atoms with E-state index in [0.717, 1.165) is 24.8 Å². The van der Waals surface area contributed by atoms with Gasteiger partial charge in [-0.05, 0) is 55.4 Å². The van der Waals surface area contributed by atoms with Crippen LogP contribution in [-0.4, -0.2) is 35.5 Å². The first kappa shape index (κ1) is 21.3. The third-order valence-corrected chi connectivity index (χ3v) is 5.41. The highest BCUT2D eigenvalue weighted by atomic mass is 16.5. The molecule has 0 aliphatic heterocycles. The number of rotatable bonds is 6. The van der Waals surface area contributed by atoms with E-state index in [2.05, 4.69) is 16.0 Å². The van der Waals surface area contributed by atoms with Gasteiger partial charge >= 0.3 is 5.97 Å². The number of carbonyl (C=O) groups is 2. The van der Waals surface area contributed by atoms with E-state index >= 15 is 0 Å². The number of amides is 1. The number of ether oxygens (including phenoxy) is 1. The van der Waals surface area contributed by atoms with Crippen LogP contribution in [-0.2, 0) is 9.53 Å². The van der Waals surface area contributed by atoms with Crippen molar-refractivity contribution < 1.29 is 14.3 Å². The molecule has 1 aromatic heterocycles. The lowest BCUT2D eigenvalue weighted by Gasteiger charge is -2.23. The van der Waals surface area contributed by atoms with Crippen LogP contribution in [0.3, 0.4) is 0 Å². The molecule has 8 nitrogen and oxygen atoms in total. The van der Waals surface area contributed by atoms with E-state index < -0.39 is 11.5 Å². The average Bonchev–Trinajstić information content (AvgIpc) is 2.75. The van der Waals surface area contributed by atoms with Gasteiger partial charge < -0.3 is 20.4 Å². The molecular weight excluding hydrogens is 384 g/mol. The number of esters is 1. The molecule has 1 atom stereocenters. The van der Waals surface area contributed by atoms with Crippen LogP contribution >= 0.6 is 0 Å². The van der Waals surface area contributed by atoms with Crippen LogP contribution in [0, 0.1) is 5.92 Å². The van der Waals surface area contributed by atoms with Crippen molar-refractivity contribution in [3.63, 3.8) is 0 Å². The number of nitrogens with zero attached hydrogens (tertiary/aromatic N) is 2. The van der Waals surface area contributed by atoms with Crippen LogP contribution in [0.1, 0.15) is 48.5 Å². The summed E-state index contributed by atoms with van der Waals surface area (Å²) in [5.41, 5.74) is 8.02. The summed E-state index contributed by atoms with van der Waals surface area (Å²) in [5.74, 6) is -0.428. The number of aromatic amines is 1. The first-order valence-corrected chi connectivity index (χ1v) is 9.95. The predicted molar refractivity (Wildman–Crippen MR) is 115 cm³/mol. The number of hydrogen-bond donors (Lipinski definition) is 2. The van der Waals surface area contributed by atoms with E-state index in [0.29, 0.717) is 24.6 Å². The summed E-state index contributed by atoms with van der Waals surface area (Å²) < 4.78 is 4.75. The summed E-state index contributed by atoms with van der Waals surface area (Å²) in [4.78, 5) is 44.1. The predicted octanol–water partition coefficient (Wildman–Crippen LogP) is 2.77. The van der Waals surface area contributed by atoms with Crippen LogP contribution in [0.2, 0.25) is 0 Å². The number of anilines is 2. The molecule has 0 radical (unpaired) electrons. The van der Waals surface area contributed by atoms with Gasteiger partial charge in [0, 0.05) is 18.7 Å². The maximum atomic E-state index is 12.9. The molecule has 1 unspecified atom stereocenters. The van der Waals surface area contributed by atoms with Gasteiger partial charge in [-0.1, -0.05) is 18.2 Å². The lowest BCUT2D eigenvalue weighted by molar-refractivity contribution is -0.141. The topological polar surface area (TPSA) is 118 Å². The Morgan fingerprint density at radius 1 is 1.30 bits per heavy atom. The van der Waals surface area contributed by atoms with Gasteiger partial charge in [0.2, 0.25) is 0 Å². The van der Waals surface area contributed by atoms with E-state index in [9.17, 15) is 14.4 Å². The van der Waals surface area contributed by atoms with Gasteiger partial charge in [0.1, 0.15) is 11.4 Å². The number of hydrogen-bond acceptors (Lipinski definition) is 6.